The van der Waals surface area contributed by atoms with Crippen LogP contribution >= 0.6 is 11.8 Å². The molecule has 1 N–H and O–H groups in total. The second-order valence-corrected chi connectivity index (χ2v) is 7.93. The Morgan fingerprint density at radius 1 is 1.13 bits per heavy atom. The van der Waals surface area contributed by atoms with E-state index in [4.69, 9.17) is 9.47 Å². The van der Waals surface area contributed by atoms with Crippen molar-refractivity contribution in [2.45, 2.75) is 32.0 Å². The van der Waals surface area contributed by atoms with E-state index >= 15 is 0 Å². The minimum atomic E-state index is -0.297. The number of aromatic nitrogens is 3. The smallest absolute Gasteiger partial charge is 0.234 e. The Labute approximate surface area is 180 Å². The van der Waals surface area contributed by atoms with Gasteiger partial charge in [0.05, 0.1) is 12.9 Å². The van der Waals surface area contributed by atoms with E-state index in [9.17, 15) is 4.79 Å². The summed E-state index contributed by atoms with van der Waals surface area (Å²) in [5.41, 5.74) is 3.03. The maximum atomic E-state index is 12.3. The van der Waals surface area contributed by atoms with E-state index in [0.717, 1.165) is 22.6 Å². The van der Waals surface area contributed by atoms with Crippen LogP contribution in [0.5, 0.6) is 11.5 Å². The standard InChI is InChI=1S/C22H26N4O3S/c1-14-6-11-19(15(2)12-14)23-20(27)13-30-22-25-24-21(26(22)4)16(3)29-18-9-7-17(28-5)8-10-18/h6-12,16H,13H2,1-5H3,(H,23,27). The highest BCUT2D eigenvalue weighted by molar-refractivity contribution is 7.99. The van der Waals surface area contributed by atoms with Crippen molar-refractivity contribution in [3.05, 3.63) is 59.4 Å². The van der Waals surface area contributed by atoms with E-state index in [1.807, 2.05) is 74.9 Å². The van der Waals surface area contributed by atoms with E-state index in [2.05, 4.69) is 15.5 Å². The molecule has 0 radical (unpaired) electrons. The molecular weight excluding hydrogens is 400 g/mol. The van der Waals surface area contributed by atoms with Crippen molar-refractivity contribution in [3.63, 3.8) is 0 Å². The lowest BCUT2D eigenvalue weighted by atomic mass is 10.1. The first-order valence-electron chi connectivity index (χ1n) is 9.57. The molecule has 0 saturated carbocycles. The zero-order chi connectivity index (χ0) is 21.7. The third-order valence-electron chi connectivity index (χ3n) is 4.59. The Hall–Kier alpha value is -3.00. The molecular formula is C22H26N4O3S. The fraction of sp³-hybridized carbons (Fsp3) is 0.318. The van der Waals surface area contributed by atoms with E-state index < -0.39 is 0 Å². The molecule has 2 aromatic carbocycles. The minimum absolute atomic E-state index is 0.0842. The van der Waals surface area contributed by atoms with Crippen LogP contribution in [0.15, 0.2) is 47.6 Å². The van der Waals surface area contributed by atoms with Gasteiger partial charge in [-0.1, -0.05) is 29.5 Å². The topological polar surface area (TPSA) is 78.3 Å². The van der Waals surface area contributed by atoms with Gasteiger partial charge in [0.25, 0.3) is 0 Å². The quantitative estimate of drug-likeness (QED) is 0.541. The molecule has 30 heavy (non-hydrogen) atoms. The first-order chi connectivity index (χ1) is 14.4. The van der Waals surface area contributed by atoms with Gasteiger partial charge in [-0.3, -0.25) is 4.79 Å². The van der Waals surface area contributed by atoms with Gasteiger partial charge in [-0.15, -0.1) is 10.2 Å². The third kappa shape index (κ3) is 5.33. The van der Waals surface area contributed by atoms with E-state index in [0.29, 0.717) is 16.7 Å². The Morgan fingerprint density at radius 3 is 2.50 bits per heavy atom. The van der Waals surface area contributed by atoms with Gasteiger partial charge in [-0.25, -0.2) is 0 Å². The van der Waals surface area contributed by atoms with Crippen LogP contribution in [0.3, 0.4) is 0 Å². The van der Waals surface area contributed by atoms with Gasteiger partial charge in [0.2, 0.25) is 5.91 Å². The predicted octanol–water partition coefficient (Wildman–Crippen LogP) is 4.31. The SMILES string of the molecule is COc1ccc(OC(C)c2nnc(SCC(=O)Nc3ccc(C)cc3C)n2C)cc1. The summed E-state index contributed by atoms with van der Waals surface area (Å²) in [6, 6.07) is 13.3. The largest absolute Gasteiger partial charge is 0.497 e. The molecule has 158 valence electrons. The summed E-state index contributed by atoms with van der Waals surface area (Å²) in [6.45, 7) is 5.92. The number of benzene rings is 2. The predicted molar refractivity (Wildman–Crippen MR) is 118 cm³/mol. The van der Waals surface area contributed by atoms with Crippen molar-refractivity contribution in [1.29, 1.82) is 0 Å². The molecule has 0 aliphatic heterocycles. The number of ether oxygens (including phenoxy) is 2. The first-order valence-corrected chi connectivity index (χ1v) is 10.6. The van der Waals surface area contributed by atoms with Crippen molar-refractivity contribution in [1.82, 2.24) is 14.8 Å². The summed E-state index contributed by atoms with van der Waals surface area (Å²) >= 11 is 1.34. The zero-order valence-electron chi connectivity index (χ0n) is 17.8. The number of methoxy groups -OCH3 is 1. The Bertz CT molecular complexity index is 1020. The minimum Gasteiger partial charge on any atom is -0.497 e. The van der Waals surface area contributed by atoms with Crippen LogP contribution in [0, 0.1) is 13.8 Å². The number of anilines is 1. The summed E-state index contributed by atoms with van der Waals surface area (Å²) in [7, 11) is 3.49. The van der Waals surface area contributed by atoms with Gasteiger partial charge in [-0.2, -0.15) is 0 Å². The number of hydrogen-bond acceptors (Lipinski definition) is 6. The Balaban J connectivity index is 1.58. The summed E-state index contributed by atoms with van der Waals surface area (Å²) in [5, 5.41) is 12.1. The molecule has 0 aliphatic carbocycles. The molecule has 3 rings (SSSR count). The van der Waals surface area contributed by atoms with Crippen LogP contribution in [0.1, 0.15) is 30.0 Å². The second-order valence-electron chi connectivity index (χ2n) is 6.99. The fourth-order valence-electron chi connectivity index (χ4n) is 2.99. The molecule has 7 nitrogen and oxygen atoms in total. The number of rotatable bonds is 8. The van der Waals surface area contributed by atoms with Crippen LogP contribution in [0.2, 0.25) is 0 Å². The van der Waals surface area contributed by atoms with Gasteiger partial charge in [0, 0.05) is 12.7 Å². The lowest BCUT2D eigenvalue weighted by Gasteiger charge is -2.14. The zero-order valence-corrected chi connectivity index (χ0v) is 18.6. The summed E-state index contributed by atoms with van der Waals surface area (Å²) in [6.07, 6.45) is -0.297. The van der Waals surface area contributed by atoms with Gasteiger partial charge < -0.3 is 19.4 Å². The molecule has 0 aliphatic rings. The lowest BCUT2D eigenvalue weighted by molar-refractivity contribution is -0.113. The van der Waals surface area contributed by atoms with Crippen LogP contribution in [0.25, 0.3) is 0 Å². The number of nitrogens with one attached hydrogen (secondary N) is 1. The highest BCUT2D eigenvalue weighted by Crippen LogP contribution is 2.25. The molecule has 0 saturated heterocycles. The molecule has 0 spiro atoms. The van der Waals surface area contributed by atoms with Crippen molar-refractivity contribution in [3.8, 4) is 11.5 Å². The molecule has 0 fully saturated rings. The van der Waals surface area contributed by atoms with Crippen molar-refractivity contribution in [2.75, 3.05) is 18.2 Å². The first kappa shape index (κ1) is 21.7. The molecule has 1 aromatic heterocycles. The van der Waals surface area contributed by atoms with E-state index in [1.165, 1.54) is 11.8 Å². The number of nitrogens with zero attached hydrogens (tertiary/aromatic N) is 3. The van der Waals surface area contributed by atoms with Crippen LogP contribution in [0.4, 0.5) is 5.69 Å². The van der Waals surface area contributed by atoms with Crippen LogP contribution < -0.4 is 14.8 Å². The highest BCUT2D eigenvalue weighted by Gasteiger charge is 2.18. The summed E-state index contributed by atoms with van der Waals surface area (Å²) < 4.78 is 13.0. The molecule has 1 unspecified atom stereocenters. The van der Waals surface area contributed by atoms with Crippen LogP contribution in [-0.2, 0) is 11.8 Å². The maximum Gasteiger partial charge on any atom is 0.234 e. The maximum absolute atomic E-state index is 12.3. The third-order valence-corrected chi connectivity index (χ3v) is 5.61. The number of carbonyl (C=O) groups excluding carboxylic acids is 1. The molecule has 8 heteroatoms. The molecule has 3 aromatic rings. The monoisotopic (exact) mass is 426 g/mol. The average molecular weight is 427 g/mol. The van der Waals surface area contributed by atoms with Gasteiger partial charge >= 0.3 is 0 Å². The number of amides is 1. The summed E-state index contributed by atoms with van der Waals surface area (Å²) in [5.74, 6) is 2.33. The Kier molecular flexibility index (Phi) is 6.99. The molecule has 1 atom stereocenters. The molecule has 1 heterocycles. The number of hydrogen-bond donors (Lipinski definition) is 1. The van der Waals surface area contributed by atoms with Gasteiger partial charge in [-0.05, 0) is 56.7 Å². The number of thioether (sulfide) groups is 1. The normalized spacial score (nSPS) is 11.8. The van der Waals surface area contributed by atoms with Crippen molar-refractivity contribution < 1.29 is 14.3 Å². The van der Waals surface area contributed by atoms with Crippen molar-refractivity contribution >= 4 is 23.4 Å². The van der Waals surface area contributed by atoms with Crippen LogP contribution in [-0.4, -0.2) is 33.5 Å². The van der Waals surface area contributed by atoms with Gasteiger partial charge in [0.15, 0.2) is 17.1 Å². The fourth-order valence-corrected chi connectivity index (χ4v) is 3.71. The van der Waals surface area contributed by atoms with Crippen molar-refractivity contribution in [2.24, 2.45) is 7.05 Å². The Morgan fingerprint density at radius 2 is 1.83 bits per heavy atom. The van der Waals surface area contributed by atoms with E-state index in [1.54, 1.807) is 7.11 Å². The van der Waals surface area contributed by atoms with Gasteiger partial charge in [0.1, 0.15) is 11.5 Å². The highest BCUT2D eigenvalue weighted by atomic mass is 32.2. The lowest BCUT2D eigenvalue weighted by Crippen LogP contribution is -2.15. The van der Waals surface area contributed by atoms with E-state index in [-0.39, 0.29) is 17.8 Å². The average Bonchev–Trinajstić information content (AvgIpc) is 3.09. The molecule has 1 amide bonds. The number of carbonyl (C=O) groups is 1. The second kappa shape index (κ2) is 9.67. The summed E-state index contributed by atoms with van der Waals surface area (Å²) in [4.78, 5) is 12.3. The molecule has 0 bridgehead atoms. The number of aryl methyl sites for hydroxylation is 2.